The van der Waals surface area contributed by atoms with Crippen molar-refractivity contribution in [3.63, 3.8) is 0 Å². The quantitative estimate of drug-likeness (QED) is 0.181. The third kappa shape index (κ3) is 3.78. The van der Waals surface area contributed by atoms with Gasteiger partial charge >= 0.3 is 11.9 Å². The Morgan fingerprint density at radius 3 is 2.84 bits per heavy atom. The van der Waals surface area contributed by atoms with E-state index in [9.17, 15) is 19.5 Å². The minimum atomic E-state index is -1.85. The van der Waals surface area contributed by atoms with Crippen molar-refractivity contribution in [2.45, 2.75) is 38.6 Å². The van der Waals surface area contributed by atoms with E-state index in [-0.39, 0.29) is 42.0 Å². The minimum absolute atomic E-state index is 0.00884. The monoisotopic (exact) mass is 504 g/mol. The van der Waals surface area contributed by atoms with Crippen LogP contribution in [-0.2, 0) is 44.4 Å². The fourth-order valence-corrected chi connectivity index (χ4v) is 5.06. The number of fused-ring (bicyclic) bond motifs is 5. The smallest absolute Gasteiger partial charge is 0.355 e. The van der Waals surface area contributed by atoms with Crippen molar-refractivity contribution in [3.05, 3.63) is 67.3 Å². The summed E-state index contributed by atoms with van der Waals surface area (Å²) in [4.78, 5) is 48.2. The van der Waals surface area contributed by atoms with Gasteiger partial charge in [0.1, 0.15) is 18.9 Å². The molecule has 1 aromatic carbocycles. The predicted octanol–water partition coefficient (Wildman–Crippen LogP) is 2.71. The molecule has 12 nitrogen and oxygen atoms in total. The lowest BCUT2D eigenvalue weighted by Gasteiger charge is -2.35. The fraction of sp³-hybridized carbons (Fsp3) is 0.360. The molecule has 0 aliphatic carbocycles. The average molecular weight is 505 g/mol. The summed E-state index contributed by atoms with van der Waals surface area (Å²) in [5.41, 5.74) is 9.98. The van der Waals surface area contributed by atoms with Gasteiger partial charge in [-0.05, 0) is 50.3 Å². The number of phenolic OH excluding ortho intramolecular Hbond substituents is 1. The van der Waals surface area contributed by atoms with Gasteiger partial charge in [0.05, 0.1) is 29.0 Å². The predicted molar refractivity (Wildman–Crippen MR) is 131 cm³/mol. The molecule has 0 unspecified atom stereocenters. The van der Waals surface area contributed by atoms with Crippen LogP contribution in [0.1, 0.15) is 35.6 Å². The first-order valence-corrected chi connectivity index (χ1v) is 11.7. The number of aromatic hydroxyl groups is 1. The molecule has 1 atom stereocenters. The highest BCUT2D eigenvalue weighted by atomic mass is 16.6. The average Bonchev–Trinajstić information content (AvgIpc) is 3.23. The van der Waals surface area contributed by atoms with Crippen LogP contribution in [0.15, 0.2) is 34.2 Å². The van der Waals surface area contributed by atoms with Gasteiger partial charge in [-0.1, -0.05) is 12.0 Å². The van der Waals surface area contributed by atoms with E-state index in [2.05, 4.69) is 10.0 Å². The molecule has 0 saturated carbocycles. The highest BCUT2D eigenvalue weighted by molar-refractivity contribution is 5.90. The first-order valence-electron chi connectivity index (χ1n) is 11.7. The van der Waals surface area contributed by atoms with Crippen LogP contribution in [0.2, 0.25) is 0 Å². The Bertz CT molecular complexity index is 1590. The molecule has 2 aliphatic heterocycles. The molecule has 12 heteroatoms. The maximum atomic E-state index is 13.6. The van der Waals surface area contributed by atoms with Crippen molar-refractivity contribution in [1.29, 1.82) is 0 Å². The van der Waals surface area contributed by atoms with Crippen LogP contribution in [0.5, 0.6) is 5.75 Å². The van der Waals surface area contributed by atoms with Crippen LogP contribution < -0.4 is 5.56 Å². The molecule has 4 heterocycles. The molecule has 0 saturated heterocycles. The number of hydrogen-bond acceptors (Lipinski definition) is 9. The van der Waals surface area contributed by atoms with E-state index >= 15 is 0 Å². The highest BCUT2D eigenvalue weighted by Gasteiger charge is 2.50. The van der Waals surface area contributed by atoms with Crippen LogP contribution in [0.4, 0.5) is 0 Å². The maximum absolute atomic E-state index is 13.6. The number of cyclic esters (lactones) is 1. The molecule has 0 spiro atoms. The number of hydrogen-bond donors (Lipinski definition) is 1. The van der Waals surface area contributed by atoms with E-state index in [1.807, 2.05) is 25.1 Å². The van der Waals surface area contributed by atoms with Crippen LogP contribution in [0, 0.1) is 0 Å². The number of ether oxygens (including phenoxy) is 2. The Morgan fingerprint density at radius 1 is 1.35 bits per heavy atom. The van der Waals surface area contributed by atoms with Crippen molar-refractivity contribution in [1.82, 2.24) is 14.5 Å². The molecule has 5 rings (SSSR count). The molecule has 190 valence electrons. The molecule has 0 bridgehead atoms. The minimum Gasteiger partial charge on any atom is -0.508 e. The van der Waals surface area contributed by atoms with Gasteiger partial charge < -0.3 is 24.0 Å². The van der Waals surface area contributed by atoms with E-state index < -0.39 is 24.1 Å². The number of azide groups is 1. The number of carbonyl (C=O) groups is 2. The summed E-state index contributed by atoms with van der Waals surface area (Å²) >= 11 is 0. The zero-order valence-electron chi connectivity index (χ0n) is 20.5. The van der Waals surface area contributed by atoms with E-state index in [1.54, 1.807) is 29.7 Å². The van der Waals surface area contributed by atoms with Gasteiger partial charge in [-0.15, -0.1) is 0 Å². The van der Waals surface area contributed by atoms with Crippen LogP contribution in [0.3, 0.4) is 0 Å². The summed E-state index contributed by atoms with van der Waals surface area (Å²) in [6.07, 6.45) is 0.00884. The second kappa shape index (κ2) is 8.91. The first kappa shape index (κ1) is 24.3. The van der Waals surface area contributed by atoms with Gasteiger partial charge in [-0.2, -0.15) is 0 Å². The topological polar surface area (TPSA) is 160 Å². The van der Waals surface area contributed by atoms with Crippen LogP contribution in [0.25, 0.3) is 32.7 Å². The molecule has 0 amide bonds. The summed E-state index contributed by atoms with van der Waals surface area (Å²) in [5, 5.41) is 14.5. The Hall–Kier alpha value is -4.41. The Kier molecular flexibility index (Phi) is 5.85. The van der Waals surface area contributed by atoms with Crippen molar-refractivity contribution < 1.29 is 24.2 Å². The Morgan fingerprint density at radius 2 is 2.14 bits per heavy atom. The van der Waals surface area contributed by atoms with E-state index in [1.165, 1.54) is 0 Å². The van der Waals surface area contributed by atoms with E-state index in [0.29, 0.717) is 23.4 Å². The second-order valence-electron chi connectivity index (χ2n) is 9.30. The number of pyridine rings is 2. The van der Waals surface area contributed by atoms with Crippen molar-refractivity contribution in [2.24, 2.45) is 5.11 Å². The number of esters is 2. The molecule has 1 N–H and O–H groups in total. The normalized spacial score (nSPS) is 17.6. The van der Waals surface area contributed by atoms with Crippen LogP contribution in [-0.4, -0.2) is 52.1 Å². The summed E-state index contributed by atoms with van der Waals surface area (Å²) in [7, 11) is 3.81. The lowest BCUT2D eigenvalue weighted by Crippen LogP contribution is -2.47. The fourth-order valence-electron chi connectivity index (χ4n) is 5.06. The molecular weight excluding hydrogens is 480 g/mol. The standard InChI is InChI=1S/C25H24N6O6/c1-4-25(37-21(33)9-27-29-26)17-8-19-22-13(10-31(19)23(34)16(17)12-36-24(25)35)7-14-15(11-30(2)3)20(32)6-5-18(14)28-22/h5-8,32H,4,9-12H2,1-3H3/t25-/m0/s1. The summed E-state index contributed by atoms with van der Waals surface area (Å²) in [6.45, 7) is 1.53. The molecular formula is C25H24N6O6. The first-order chi connectivity index (χ1) is 17.7. The molecule has 0 radical (unpaired) electrons. The number of benzene rings is 1. The zero-order valence-corrected chi connectivity index (χ0v) is 20.5. The molecule has 37 heavy (non-hydrogen) atoms. The van der Waals surface area contributed by atoms with Crippen LogP contribution >= 0.6 is 0 Å². The third-order valence-corrected chi connectivity index (χ3v) is 6.77. The highest BCUT2D eigenvalue weighted by Crippen LogP contribution is 2.41. The largest absolute Gasteiger partial charge is 0.508 e. The van der Waals surface area contributed by atoms with E-state index in [4.69, 9.17) is 20.0 Å². The number of nitrogens with zero attached hydrogens (tertiary/aromatic N) is 6. The second-order valence-corrected chi connectivity index (χ2v) is 9.30. The Balaban J connectivity index is 1.69. The maximum Gasteiger partial charge on any atom is 0.355 e. The van der Waals surface area contributed by atoms with Crippen molar-refractivity contribution in [3.8, 4) is 17.1 Å². The summed E-state index contributed by atoms with van der Waals surface area (Å²) in [5.74, 6) is -1.55. The number of carbonyl (C=O) groups excluding carboxylic acids is 2. The number of rotatable bonds is 6. The number of phenols is 1. The molecule has 0 fully saturated rings. The van der Waals surface area contributed by atoms with Gasteiger partial charge in [-0.3, -0.25) is 9.59 Å². The molecule has 2 aromatic heterocycles. The third-order valence-electron chi connectivity index (χ3n) is 6.77. The van der Waals surface area contributed by atoms with E-state index in [0.717, 1.165) is 16.5 Å². The lowest BCUT2D eigenvalue weighted by molar-refractivity contribution is -0.188. The van der Waals surface area contributed by atoms with Gasteiger partial charge in [0, 0.05) is 33.5 Å². The van der Waals surface area contributed by atoms with Crippen molar-refractivity contribution >= 4 is 22.8 Å². The zero-order chi connectivity index (χ0) is 26.5. The van der Waals surface area contributed by atoms with Gasteiger partial charge in [0.25, 0.3) is 5.56 Å². The molecule has 2 aliphatic rings. The number of aromatic nitrogens is 2. The molecule has 3 aromatic rings. The van der Waals surface area contributed by atoms with Gasteiger partial charge in [0.15, 0.2) is 0 Å². The lowest BCUT2D eigenvalue weighted by atomic mass is 9.85. The SMILES string of the molecule is CC[C@@]1(OC(=O)CN=[N+]=[N-])C(=O)OCc2c1cc1n(c2=O)Cc2cc3c(CN(C)C)c(O)ccc3nc2-1. The van der Waals surface area contributed by atoms with Crippen molar-refractivity contribution in [2.75, 3.05) is 20.6 Å². The van der Waals surface area contributed by atoms with Gasteiger partial charge in [-0.25, -0.2) is 9.78 Å². The Labute approximate surface area is 210 Å². The van der Waals surface area contributed by atoms with Gasteiger partial charge in [0.2, 0.25) is 5.60 Å². The summed E-state index contributed by atoms with van der Waals surface area (Å²) < 4.78 is 12.4. The summed E-state index contributed by atoms with van der Waals surface area (Å²) in [6, 6.07) is 6.90.